The van der Waals surface area contributed by atoms with E-state index >= 15 is 0 Å². The van der Waals surface area contributed by atoms with E-state index in [9.17, 15) is 9.59 Å². The Morgan fingerprint density at radius 2 is 2.16 bits per heavy atom. The Hall–Kier alpha value is -1.77. The standard InChI is InChI=1S/C17H15BrN2O3S2/c1-2-23-16(22)10-20-13-6-5-11(18)8-14(13)25-17(20)19-15(21)9-12-4-3-7-24-12/h3-8H,2,9-10H2,1H3. The first-order valence-corrected chi connectivity index (χ1v) is 10.1. The van der Waals surface area contributed by atoms with Crippen molar-refractivity contribution < 1.29 is 14.3 Å². The first-order chi connectivity index (χ1) is 12.1. The molecule has 0 aliphatic heterocycles. The molecule has 0 aliphatic carbocycles. The summed E-state index contributed by atoms with van der Waals surface area (Å²) in [6, 6.07) is 9.56. The molecule has 0 spiro atoms. The molecular weight excluding hydrogens is 424 g/mol. The van der Waals surface area contributed by atoms with E-state index in [4.69, 9.17) is 4.74 Å². The summed E-state index contributed by atoms with van der Waals surface area (Å²) in [7, 11) is 0. The van der Waals surface area contributed by atoms with Crippen molar-refractivity contribution in [2.75, 3.05) is 6.61 Å². The molecule has 2 heterocycles. The molecule has 3 aromatic rings. The minimum atomic E-state index is -0.350. The number of esters is 1. The van der Waals surface area contributed by atoms with Crippen LogP contribution >= 0.6 is 38.6 Å². The quantitative estimate of drug-likeness (QED) is 0.569. The number of carbonyl (C=O) groups excluding carboxylic acids is 2. The Labute approximate surface area is 160 Å². The summed E-state index contributed by atoms with van der Waals surface area (Å²) in [5.41, 5.74) is 0.851. The average Bonchev–Trinajstić information content (AvgIpc) is 3.16. The van der Waals surface area contributed by atoms with Gasteiger partial charge in [0, 0.05) is 9.35 Å². The highest BCUT2D eigenvalue weighted by molar-refractivity contribution is 9.10. The molecule has 25 heavy (non-hydrogen) atoms. The number of thiazole rings is 1. The van der Waals surface area contributed by atoms with Gasteiger partial charge in [-0.05, 0) is 36.6 Å². The molecule has 0 saturated heterocycles. The normalized spacial score (nSPS) is 11.8. The third kappa shape index (κ3) is 4.45. The van der Waals surface area contributed by atoms with Crippen LogP contribution in [0.2, 0.25) is 0 Å². The van der Waals surface area contributed by atoms with Crippen molar-refractivity contribution in [2.24, 2.45) is 4.99 Å². The molecule has 0 N–H and O–H groups in total. The lowest BCUT2D eigenvalue weighted by Gasteiger charge is -2.05. The summed E-state index contributed by atoms with van der Waals surface area (Å²) in [6.07, 6.45) is 0.259. The molecule has 0 bridgehead atoms. The highest BCUT2D eigenvalue weighted by atomic mass is 79.9. The lowest BCUT2D eigenvalue weighted by atomic mass is 10.3. The summed E-state index contributed by atoms with van der Waals surface area (Å²) in [6.45, 7) is 2.11. The van der Waals surface area contributed by atoms with Crippen molar-refractivity contribution in [3.8, 4) is 0 Å². The van der Waals surface area contributed by atoms with E-state index < -0.39 is 0 Å². The number of fused-ring (bicyclic) bond motifs is 1. The fraction of sp³-hybridized carbons (Fsp3) is 0.235. The fourth-order valence-electron chi connectivity index (χ4n) is 2.33. The highest BCUT2D eigenvalue weighted by Gasteiger charge is 2.13. The number of nitrogens with zero attached hydrogens (tertiary/aromatic N) is 2. The van der Waals surface area contributed by atoms with E-state index in [1.165, 1.54) is 22.7 Å². The van der Waals surface area contributed by atoms with Crippen molar-refractivity contribution in [1.29, 1.82) is 0 Å². The lowest BCUT2D eigenvalue weighted by Crippen LogP contribution is -2.23. The van der Waals surface area contributed by atoms with Gasteiger partial charge in [-0.1, -0.05) is 33.3 Å². The second-order valence-electron chi connectivity index (χ2n) is 5.15. The van der Waals surface area contributed by atoms with Gasteiger partial charge in [-0.25, -0.2) is 0 Å². The molecule has 130 valence electrons. The van der Waals surface area contributed by atoms with Crippen molar-refractivity contribution in [3.63, 3.8) is 0 Å². The number of hydrogen-bond donors (Lipinski definition) is 0. The minimum absolute atomic E-state index is 0.0284. The third-order valence-corrected chi connectivity index (χ3v) is 5.77. The average molecular weight is 439 g/mol. The minimum Gasteiger partial charge on any atom is -0.465 e. The van der Waals surface area contributed by atoms with Crippen LogP contribution in [0.1, 0.15) is 11.8 Å². The van der Waals surface area contributed by atoms with Crippen LogP contribution in [-0.4, -0.2) is 23.1 Å². The molecule has 0 fully saturated rings. The van der Waals surface area contributed by atoms with E-state index in [-0.39, 0.29) is 24.8 Å². The third-order valence-electron chi connectivity index (χ3n) is 3.36. The molecule has 0 radical (unpaired) electrons. The van der Waals surface area contributed by atoms with Gasteiger partial charge in [-0.2, -0.15) is 4.99 Å². The zero-order valence-electron chi connectivity index (χ0n) is 13.4. The summed E-state index contributed by atoms with van der Waals surface area (Å²) in [5.74, 6) is -0.581. The molecule has 1 amide bonds. The Morgan fingerprint density at radius 3 is 2.88 bits per heavy atom. The monoisotopic (exact) mass is 438 g/mol. The molecule has 5 nitrogen and oxygen atoms in total. The molecule has 0 saturated carbocycles. The maximum Gasteiger partial charge on any atom is 0.326 e. The number of halogens is 1. The van der Waals surface area contributed by atoms with E-state index in [0.717, 1.165) is 19.6 Å². The van der Waals surface area contributed by atoms with Crippen molar-refractivity contribution in [3.05, 3.63) is 49.9 Å². The molecule has 3 rings (SSSR count). The molecule has 8 heteroatoms. The van der Waals surface area contributed by atoms with Gasteiger partial charge in [0.05, 0.1) is 23.2 Å². The van der Waals surface area contributed by atoms with Gasteiger partial charge in [0.15, 0.2) is 4.80 Å². The number of benzene rings is 1. The second-order valence-corrected chi connectivity index (χ2v) is 8.11. The van der Waals surface area contributed by atoms with E-state index in [1.807, 2.05) is 35.7 Å². The number of ether oxygens (including phenoxy) is 1. The molecule has 0 aliphatic rings. The number of aromatic nitrogens is 1. The number of thiophene rings is 1. The van der Waals surface area contributed by atoms with E-state index in [1.54, 1.807) is 11.5 Å². The zero-order chi connectivity index (χ0) is 17.8. The summed E-state index contributed by atoms with van der Waals surface area (Å²) in [5, 5.41) is 1.93. The first kappa shape index (κ1) is 18.0. The van der Waals surface area contributed by atoms with Crippen LogP contribution in [0.15, 0.2) is 45.2 Å². The Bertz CT molecular complexity index is 974. The topological polar surface area (TPSA) is 60.7 Å². The van der Waals surface area contributed by atoms with E-state index in [2.05, 4.69) is 20.9 Å². The number of amides is 1. The van der Waals surface area contributed by atoms with Crippen LogP contribution < -0.4 is 4.80 Å². The van der Waals surface area contributed by atoms with Gasteiger partial charge < -0.3 is 9.30 Å². The van der Waals surface area contributed by atoms with Crippen LogP contribution in [0.4, 0.5) is 0 Å². The van der Waals surface area contributed by atoms with Gasteiger partial charge in [0.2, 0.25) is 0 Å². The van der Waals surface area contributed by atoms with Gasteiger partial charge >= 0.3 is 5.97 Å². The summed E-state index contributed by atoms with van der Waals surface area (Å²) >= 11 is 6.35. The molecule has 1 aromatic carbocycles. The van der Waals surface area contributed by atoms with Gasteiger partial charge in [-0.15, -0.1) is 11.3 Å². The van der Waals surface area contributed by atoms with Crippen LogP contribution in [0, 0.1) is 0 Å². The molecule has 0 unspecified atom stereocenters. The smallest absolute Gasteiger partial charge is 0.326 e. The summed E-state index contributed by atoms with van der Waals surface area (Å²) in [4.78, 5) is 29.9. The molecule has 0 atom stereocenters. The van der Waals surface area contributed by atoms with Crippen molar-refractivity contribution in [1.82, 2.24) is 4.57 Å². The SMILES string of the molecule is CCOC(=O)Cn1c(=NC(=O)Cc2cccs2)sc2cc(Br)ccc21. The molecule has 2 aromatic heterocycles. The van der Waals surface area contributed by atoms with Gasteiger partial charge in [0.25, 0.3) is 5.91 Å². The van der Waals surface area contributed by atoms with E-state index in [0.29, 0.717) is 11.4 Å². The van der Waals surface area contributed by atoms with Crippen molar-refractivity contribution >= 4 is 60.7 Å². The van der Waals surface area contributed by atoms with Crippen LogP contribution in [0.25, 0.3) is 10.2 Å². The lowest BCUT2D eigenvalue weighted by molar-refractivity contribution is -0.143. The summed E-state index contributed by atoms with van der Waals surface area (Å²) < 4.78 is 8.65. The predicted molar refractivity (Wildman–Crippen MR) is 103 cm³/mol. The van der Waals surface area contributed by atoms with Crippen LogP contribution in [0.3, 0.4) is 0 Å². The van der Waals surface area contributed by atoms with Gasteiger partial charge in [-0.3, -0.25) is 9.59 Å². The van der Waals surface area contributed by atoms with Crippen LogP contribution in [0.5, 0.6) is 0 Å². The first-order valence-electron chi connectivity index (χ1n) is 7.61. The maximum absolute atomic E-state index is 12.3. The highest BCUT2D eigenvalue weighted by Crippen LogP contribution is 2.22. The Morgan fingerprint density at radius 1 is 1.32 bits per heavy atom. The zero-order valence-corrected chi connectivity index (χ0v) is 16.6. The Balaban J connectivity index is 2.01. The predicted octanol–water partition coefficient (Wildman–Crippen LogP) is 3.76. The fourth-order valence-corrected chi connectivity index (χ4v) is 4.62. The number of carbonyl (C=O) groups is 2. The number of hydrogen-bond acceptors (Lipinski definition) is 5. The van der Waals surface area contributed by atoms with Crippen molar-refractivity contribution in [2.45, 2.75) is 19.9 Å². The Kier molecular flexibility index (Phi) is 5.82. The maximum atomic E-state index is 12.3. The molecular formula is C17H15BrN2O3S2. The number of rotatable bonds is 5. The largest absolute Gasteiger partial charge is 0.465 e. The van der Waals surface area contributed by atoms with Gasteiger partial charge in [0.1, 0.15) is 6.54 Å². The second kappa shape index (κ2) is 8.07. The van der Waals surface area contributed by atoms with Crippen LogP contribution in [-0.2, 0) is 27.3 Å².